The average molecular weight is 311 g/mol. The number of carboxylic acid groups (broad SMARTS) is 1. The maximum atomic E-state index is 11.7. The predicted octanol–water partition coefficient (Wildman–Crippen LogP) is 1.48. The number of rotatable bonds is 10. The quantitative estimate of drug-likeness (QED) is 0.388. The number of nitrogens with one attached hydrogen (secondary N) is 1. The van der Waals surface area contributed by atoms with Crippen molar-refractivity contribution in [2.45, 2.75) is 18.9 Å². The molecule has 0 radical (unpaired) electrons. The summed E-state index contributed by atoms with van der Waals surface area (Å²) < 4.78 is 5.01. The average Bonchev–Trinajstić information content (AvgIpc) is 2.98. The van der Waals surface area contributed by atoms with Gasteiger partial charge in [-0.05, 0) is 11.4 Å². The van der Waals surface area contributed by atoms with Crippen molar-refractivity contribution < 1.29 is 24.2 Å². The Labute approximate surface area is 126 Å². The van der Waals surface area contributed by atoms with Crippen LogP contribution in [-0.2, 0) is 14.3 Å². The van der Waals surface area contributed by atoms with E-state index in [1.807, 2.05) is 0 Å². The number of carboxylic acids is 1. The van der Waals surface area contributed by atoms with Gasteiger partial charge in [-0.1, -0.05) is 12.1 Å². The number of aliphatic carboxylic acids is 1. The highest BCUT2D eigenvalue weighted by atomic mass is 32.1. The molecule has 1 heterocycles. The van der Waals surface area contributed by atoms with E-state index in [0.717, 1.165) is 0 Å². The van der Waals surface area contributed by atoms with Crippen LogP contribution in [0.3, 0.4) is 0 Å². The smallest absolute Gasteiger partial charge is 0.328 e. The summed E-state index contributed by atoms with van der Waals surface area (Å²) in [5.41, 5.74) is 0. The minimum absolute atomic E-state index is 0.0478. The number of hydrogen-bond donors (Lipinski definition) is 2. The number of carbonyl (C=O) groups is 3. The van der Waals surface area contributed by atoms with E-state index in [-0.39, 0.29) is 31.8 Å². The largest absolute Gasteiger partial charge is 0.480 e. The second-order valence-electron chi connectivity index (χ2n) is 4.18. The van der Waals surface area contributed by atoms with Gasteiger partial charge < -0.3 is 15.2 Å². The lowest BCUT2D eigenvalue weighted by atomic mass is 10.2. The molecule has 1 unspecified atom stereocenters. The summed E-state index contributed by atoms with van der Waals surface area (Å²) in [5.74, 6) is -1.80. The summed E-state index contributed by atoms with van der Waals surface area (Å²) in [7, 11) is 0. The maximum absolute atomic E-state index is 11.7. The zero-order valence-electron chi connectivity index (χ0n) is 11.4. The standard InChI is InChI=1S/C14H17NO5S/c1-2-7-20-9-10(14(18)19)15-13(17)6-5-11(16)12-4-3-8-21-12/h2-4,8,10H,1,5-7,9H2,(H,15,17)(H,18,19). The van der Waals surface area contributed by atoms with E-state index in [2.05, 4.69) is 11.9 Å². The molecule has 0 aliphatic rings. The van der Waals surface area contributed by atoms with Gasteiger partial charge in [0, 0.05) is 12.8 Å². The highest BCUT2D eigenvalue weighted by Gasteiger charge is 2.20. The van der Waals surface area contributed by atoms with Crippen LogP contribution in [0.25, 0.3) is 0 Å². The Morgan fingerprint density at radius 2 is 2.19 bits per heavy atom. The van der Waals surface area contributed by atoms with Crippen LogP contribution in [-0.4, -0.2) is 42.0 Å². The van der Waals surface area contributed by atoms with Gasteiger partial charge in [-0.15, -0.1) is 17.9 Å². The van der Waals surface area contributed by atoms with E-state index in [1.54, 1.807) is 17.5 Å². The third kappa shape index (κ3) is 6.33. The van der Waals surface area contributed by atoms with E-state index in [1.165, 1.54) is 17.4 Å². The van der Waals surface area contributed by atoms with E-state index >= 15 is 0 Å². The summed E-state index contributed by atoms with van der Waals surface area (Å²) in [4.78, 5) is 34.9. The van der Waals surface area contributed by atoms with Crippen LogP contribution in [0.15, 0.2) is 30.2 Å². The molecule has 1 atom stereocenters. The third-order valence-electron chi connectivity index (χ3n) is 2.53. The first-order valence-electron chi connectivity index (χ1n) is 6.32. The normalized spacial score (nSPS) is 11.6. The molecule has 1 rings (SSSR count). The maximum Gasteiger partial charge on any atom is 0.328 e. The van der Waals surface area contributed by atoms with Crippen molar-refractivity contribution in [3.8, 4) is 0 Å². The molecule has 2 N–H and O–H groups in total. The molecule has 1 aromatic rings. The third-order valence-corrected chi connectivity index (χ3v) is 3.44. The molecule has 0 spiro atoms. The van der Waals surface area contributed by atoms with E-state index in [4.69, 9.17) is 9.84 Å². The van der Waals surface area contributed by atoms with E-state index < -0.39 is 17.9 Å². The fraction of sp³-hybridized carbons (Fsp3) is 0.357. The van der Waals surface area contributed by atoms with Crippen LogP contribution in [0.2, 0.25) is 0 Å². The summed E-state index contributed by atoms with van der Waals surface area (Å²) in [6, 6.07) is 2.32. The van der Waals surface area contributed by atoms with Gasteiger partial charge in [-0.3, -0.25) is 9.59 Å². The number of hydrogen-bond acceptors (Lipinski definition) is 5. The van der Waals surface area contributed by atoms with Gasteiger partial charge in [0.05, 0.1) is 18.1 Å². The van der Waals surface area contributed by atoms with Gasteiger partial charge in [0.1, 0.15) is 0 Å². The molecule has 6 nitrogen and oxygen atoms in total. The molecule has 0 aliphatic carbocycles. The zero-order chi connectivity index (χ0) is 15.7. The van der Waals surface area contributed by atoms with Crippen LogP contribution < -0.4 is 5.32 Å². The molecule has 0 bridgehead atoms. The number of ether oxygens (including phenoxy) is 1. The molecular formula is C14H17NO5S. The molecule has 0 aliphatic heterocycles. The van der Waals surface area contributed by atoms with E-state index in [9.17, 15) is 14.4 Å². The number of amides is 1. The van der Waals surface area contributed by atoms with Gasteiger partial charge >= 0.3 is 5.97 Å². The monoisotopic (exact) mass is 311 g/mol. The summed E-state index contributed by atoms with van der Waals surface area (Å²) in [6.07, 6.45) is 1.48. The van der Waals surface area contributed by atoms with Gasteiger partial charge in [-0.2, -0.15) is 0 Å². The Kier molecular flexibility index (Phi) is 7.34. The molecule has 0 aromatic carbocycles. The zero-order valence-corrected chi connectivity index (χ0v) is 12.2. The first kappa shape index (κ1) is 17.1. The predicted molar refractivity (Wildman–Crippen MR) is 78.5 cm³/mol. The molecule has 21 heavy (non-hydrogen) atoms. The lowest BCUT2D eigenvalue weighted by Crippen LogP contribution is -2.44. The van der Waals surface area contributed by atoms with Crippen molar-refractivity contribution in [1.29, 1.82) is 0 Å². The second-order valence-corrected chi connectivity index (χ2v) is 5.13. The molecule has 7 heteroatoms. The molecule has 0 fully saturated rings. The van der Waals surface area contributed by atoms with Gasteiger partial charge in [0.25, 0.3) is 0 Å². The Morgan fingerprint density at radius 3 is 2.76 bits per heavy atom. The number of carbonyl (C=O) groups excluding carboxylic acids is 2. The van der Waals surface area contributed by atoms with Crippen molar-refractivity contribution in [3.05, 3.63) is 35.0 Å². The number of ketones is 1. The molecule has 1 amide bonds. The first-order chi connectivity index (χ1) is 10.0. The molecule has 114 valence electrons. The number of Topliss-reactive ketones (excluding diaryl/α,β-unsaturated/α-hetero) is 1. The van der Waals surface area contributed by atoms with Crippen molar-refractivity contribution in [3.63, 3.8) is 0 Å². The minimum atomic E-state index is -1.18. The molecule has 1 aromatic heterocycles. The topological polar surface area (TPSA) is 92.7 Å². The summed E-state index contributed by atoms with van der Waals surface area (Å²) in [5, 5.41) is 13.1. The van der Waals surface area contributed by atoms with Crippen molar-refractivity contribution >= 4 is 29.0 Å². The van der Waals surface area contributed by atoms with Crippen LogP contribution in [0.5, 0.6) is 0 Å². The van der Waals surface area contributed by atoms with Crippen LogP contribution in [0.4, 0.5) is 0 Å². The van der Waals surface area contributed by atoms with Crippen LogP contribution in [0, 0.1) is 0 Å². The van der Waals surface area contributed by atoms with Crippen LogP contribution >= 0.6 is 11.3 Å². The second kappa shape index (κ2) is 9.04. The summed E-state index contributed by atoms with van der Waals surface area (Å²) >= 11 is 1.31. The fourth-order valence-electron chi connectivity index (χ4n) is 1.50. The lowest BCUT2D eigenvalue weighted by Gasteiger charge is -2.14. The highest BCUT2D eigenvalue weighted by molar-refractivity contribution is 7.12. The highest BCUT2D eigenvalue weighted by Crippen LogP contribution is 2.12. The van der Waals surface area contributed by atoms with Gasteiger partial charge in [0.2, 0.25) is 5.91 Å². The van der Waals surface area contributed by atoms with Crippen LogP contribution in [0.1, 0.15) is 22.5 Å². The SMILES string of the molecule is C=CCOCC(NC(=O)CCC(=O)c1cccs1)C(=O)O. The fourth-order valence-corrected chi connectivity index (χ4v) is 2.19. The first-order valence-corrected chi connectivity index (χ1v) is 7.20. The molecular weight excluding hydrogens is 294 g/mol. The molecule has 0 saturated heterocycles. The summed E-state index contributed by atoms with van der Waals surface area (Å²) in [6.45, 7) is 3.50. The van der Waals surface area contributed by atoms with Crippen molar-refractivity contribution in [2.24, 2.45) is 0 Å². The van der Waals surface area contributed by atoms with E-state index in [0.29, 0.717) is 4.88 Å². The Hall–Kier alpha value is -1.99. The lowest BCUT2D eigenvalue weighted by molar-refractivity contribution is -0.143. The van der Waals surface area contributed by atoms with Gasteiger partial charge in [0.15, 0.2) is 11.8 Å². The minimum Gasteiger partial charge on any atom is -0.480 e. The van der Waals surface area contributed by atoms with Gasteiger partial charge in [-0.25, -0.2) is 4.79 Å². The van der Waals surface area contributed by atoms with Crippen molar-refractivity contribution in [2.75, 3.05) is 13.2 Å². The Balaban J connectivity index is 2.37. The number of thiophene rings is 1. The molecule has 0 saturated carbocycles. The van der Waals surface area contributed by atoms with Crippen molar-refractivity contribution in [1.82, 2.24) is 5.32 Å². The Morgan fingerprint density at radius 1 is 1.43 bits per heavy atom. The Bertz CT molecular complexity index is 497.